The first-order chi connectivity index (χ1) is 15.5. The van der Waals surface area contributed by atoms with Gasteiger partial charge in [-0.2, -0.15) is 0 Å². The minimum absolute atomic E-state index is 0.116. The third-order valence-electron chi connectivity index (χ3n) is 5.18. The number of rotatable bonds is 10. The van der Waals surface area contributed by atoms with Crippen LogP contribution in [-0.4, -0.2) is 58.1 Å². The van der Waals surface area contributed by atoms with E-state index in [-0.39, 0.29) is 18.1 Å². The second-order valence-electron chi connectivity index (χ2n) is 7.63. The molecule has 0 radical (unpaired) electrons. The number of hydrogen-bond acceptors (Lipinski definition) is 5. The van der Waals surface area contributed by atoms with Gasteiger partial charge in [0.2, 0.25) is 21.8 Å². The van der Waals surface area contributed by atoms with Crippen LogP contribution in [0.1, 0.15) is 24.5 Å². The molecule has 0 saturated carbocycles. The summed E-state index contributed by atoms with van der Waals surface area (Å²) in [7, 11) is -0.916. The first-order valence-corrected chi connectivity index (χ1v) is 12.6. The first-order valence-electron chi connectivity index (χ1n) is 10.4. The summed E-state index contributed by atoms with van der Waals surface area (Å²) < 4.78 is 31.7. The summed E-state index contributed by atoms with van der Waals surface area (Å²) in [6.07, 6.45) is 1.38. The third-order valence-corrected chi connectivity index (χ3v) is 6.56. The number of nitrogens with zero attached hydrogens (tertiary/aromatic N) is 2. The Labute approximate surface area is 200 Å². The van der Waals surface area contributed by atoms with Gasteiger partial charge in [-0.25, -0.2) is 8.42 Å². The van der Waals surface area contributed by atoms with Crippen molar-refractivity contribution in [3.8, 4) is 5.75 Å². The van der Waals surface area contributed by atoms with Crippen LogP contribution in [0.25, 0.3) is 0 Å². The largest absolute Gasteiger partial charge is 0.495 e. The number of halogens is 1. The zero-order valence-corrected chi connectivity index (χ0v) is 21.0. The normalized spacial score (nSPS) is 12.1. The average molecular weight is 496 g/mol. The number of carbonyl (C=O) groups excluding carboxylic acids is 2. The molecule has 2 rings (SSSR count). The predicted octanol–water partition coefficient (Wildman–Crippen LogP) is 2.98. The van der Waals surface area contributed by atoms with E-state index in [1.54, 1.807) is 49.4 Å². The van der Waals surface area contributed by atoms with Crippen molar-refractivity contribution in [2.75, 3.05) is 31.3 Å². The molecule has 2 aromatic carbocycles. The Bertz CT molecular complexity index is 1090. The summed E-state index contributed by atoms with van der Waals surface area (Å²) in [5, 5.41) is 3.13. The Morgan fingerprint density at radius 3 is 2.30 bits per heavy atom. The Balaban J connectivity index is 2.49. The van der Waals surface area contributed by atoms with Crippen LogP contribution in [0.3, 0.4) is 0 Å². The van der Waals surface area contributed by atoms with Crippen LogP contribution < -0.4 is 14.4 Å². The summed E-state index contributed by atoms with van der Waals surface area (Å²) in [6.45, 7) is 3.24. The molecule has 8 nitrogen and oxygen atoms in total. The van der Waals surface area contributed by atoms with Crippen LogP contribution in [0.4, 0.5) is 5.69 Å². The summed E-state index contributed by atoms with van der Waals surface area (Å²) in [6, 6.07) is 11.2. The maximum absolute atomic E-state index is 13.5. The van der Waals surface area contributed by atoms with Gasteiger partial charge in [0.1, 0.15) is 18.3 Å². The molecule has 0 saturated heterocycles. The molecule has 0 aliphatic rings. The van der Waals surface area contributed by atoms with Gasteiger partial charge in [0.15, 0.2) is 0 Å². The Morgan fingerprint density at radius 2 is 1.79 bits per heavy atom. The molecule has 1 N–H and O–H groups in total. The molecule has 0 aromatic heterocycles. The molecule has 0 bridgehead atoms. The van der Waals surface area contributed by atoms with Crippen molar-refractivity contribution >= 4 is 39.1 Å². The zero-order chi connectivity index (χ0) is 24.8. The Morgan fingerprint density at radius 1 is 1.15 bits per heavy atom. The minimum Gasteiger partial charge on any atom is -0.495 e. The van der Waals surface area contributed by atoms with Gasteiger partial charge in [-0.05, 0) is 48.7 Å². The van der Waals surface area contributed by atoms with Crippen molar-refractivity contribution in [2.45, 2.75) is 32.9 Å². The van der Waals surface area contributed by atoms with Crippen molar-refractivity contribution < 1.29 is 22.7 Å². The number of amides is 2. The molecular weight excluding hydrogens is 466 g/mol. The minimum atomic E-state index is -3.84. The maximum Gasteiger partial charge on any atom is 0.244 e. The molecule has 180 valence electrons. The van der Waals surface area contributed by atoms with Gasteiger partial charge in [-0.3, -0.25) is 13.9 Å². The van der Waals surface area contributed by atoms with Crippen molar-refractivity contribution in [1.29, 1.82) is 0 Å². The van der Waals surface area contributed by atoms with E-state index in [0.717, 1.165) is 21.7 Å². The maximum atomic E-state index is 13.5. The van der Waals surface area contributed by atoms with Crippen LogP contribution in [0.15, 0.2) is 42.5 Å². The van der Waals surface area contributed by atoms with Crippen molar-refractivity contribution in [2.24, 2.45) is 0 Å². The third kappa shape index (κ3) is 6.85. The number of sulfonamides is 1. The topological polar surface area (TPSA) is 96.0 Å². The van der Waals surface area contributed by atoms with Crippen molar-refractivity contribution in [3.63, 3.8) is 0 Å². The van der Waals surface area contributed by atoms with Gasteiger partial charge in [0.05, 0.1) is 19.1 Å². The van der Waals surface area contributed by atoms with Crippen LogP contribution in [0.5, 0.6) is 5.75 Å². The van der Waals surface area contributed by atoms with E-state index >= 15 is 0 Å². The number of carbonyl (C=O) groups is 2. The Kier molecular flexibility index (Phi) is 9.13. The van der Waals surface area contributed by atoms with Gasteiger partial charge in [0.25, 0.3) is 0 Å². The lowest BCUT2D eigenvalue weighted by atomic mass is 10.1. The second kappa shape index (κ2) is 11.4. The Hall–Kier alpha value is -2.78. The second-order valence-corrected chi connectivity index (χ2v) is 9.97. The zero-order valence-electron chi connectivity index (χ0n) is 19.5. The number of methoxy groups -OCH3 is 1. The van der Waals surface area contributed by atoms with Gasteiger partial charge in [0, 0.05) is 18.6 Å². The van der Waals surface area contributed by atoms with Gasteiger partial charge >= 0.3 is 0 Å². The molecule has 2 amide bonds. The number of aryl methyl sites for hydroxylation is 1. The van der Waals surface area contributed by atoms with E-state index < -0.39 is 28.5 Å². The number of likely N-dealkylation sites (N-methyl/N-ethyl adjacent to an activating group) is 1. The van der Waals surface area contributed by atoms with Crippen molar-refractivity contribution in [1.82, 2.24) is 10.2 Å². The number of hydrogen-bond donors (Lipinski definition) is 1. The molecule has 0 fully saturated rings. The number of ether oxygens (including phenoxy) is 1. The van der Waals surface area contributed by atoms with E-state index in [9.17, 15) is 18.0 Å². The monoisotopic (exact) mass is 495 g/mol. The number of benzene rings is 2. The highest BCUT2D eigenvalue weighted by Crippen LogP contribution is 2.31. The standard InChI is InChI=1S/C23H30ClN3O5S/c1-6-19(23(29)25-3)26(14-17-8-10-18(24)11-9-17)22(28)15-27(33(5,30)31)20-13-16(2)7-12-21(20)32-4/h7-13,19H,6,14-15H2,1-5H3,(H,25,29)/t19-/m0/s1. The first kappa shape index (κ1) is 26.5. The lowest BCUT2D eigenvalue weighted by Crippen LogP contribution is -2.51. The average Bonchev–Trinajstić information content (AvgIpc) is 2.77. The summed E-state index contributed by atoms with van der Waals surface area (Å²) in [5.41, 5.74) is 1.82. The van der Waals surface area contributed by atoms with Crippen LogP contribution in [0, 0.1) is 6.92 Å². The van der Waals surface area contributed by atoms with E-state index in [1.165, 1.54) is 19.1 Å². The SMILES string of the molecule is CC[C@@H](C(=O)NC)N(Cc1ccc(Cl)cc1)C(=O)CN(c1cc(C)ccc1OC)S(C)(=O)=O. The molecular formula is C23H30ClN3O5S. The predicted molar refractivity (Wildman–Crippen MR) is 130 cm³/mol. The van der Waals surface area contributed by atoms with E-state index in [0.29, 0.717) is 17.2 Å². The van der Waals surface area contributed by atoms with Gasteiger partial charge in [-0.15, -0.1) is 0 Å². The van der Waals surface area contributed by atoms with E-state index in [1.807, 2.05) is 6.92 Å². The fourth-order valence-corrected chi connectivity index (χ4v) is 4.43. The smallest absolute Gasteiger partial charge is 0.244 e. The highest BCUT2D eigenvalue weighted by Gasteiger charge is 2.32. The number of nitrogens with one attached hydrogen (secondary N) is 1. The van der Waals surface area contributed by atoms with Gasteiger partial charge in [-0.1, -0.05) is 36.7 Å². The molecule has 33 heavy (non-hydrogen) atoms. The highest BCUT2D eigenvalue weighted by molar-refractivity contribution is 7.92. The quantitative estimate of drug-likeness (QED) is 0.546. The summed E-state index contributed by atoms with van der Waals surface area (Å²) >= 11 is 5.97. The summed E-state index contributed by atoms with van der Waals surface area (Å²) in [5.74, 6) is -0.533. The van der Waals surface area contributed by atoms with Crippen LogP contribution in [-0.2, 0) is 26.2 Å². The van der Waals surface area contributed by atoms with E-state index in [4.69, 9.17) is 16.3 Å². The lowest BCUT2D eigenvalue weighted by molar-refractivity contribution is -0.140. The van der Waals surface area contributed by atoms with Crippen LogP contribution in [0.2, 0.25) is 5.02 Å². The van der Waals surface area contributed by atoms with Gasteiger partial charge < -0.3 is 15.0 Å². The fourth-order valence-electron chi connectivity index (χ4n) is 3.46. The van der Waals surface area contributed by atoms with E-state index in [2.05, 4.69) is 5.32 Å². The lowest BCUT2D eigenvalue weighted by Gasteiger charge is -2.33. The molecule has 2 aromatic rings. The molecule has 10 heteroatoms. The molecule has 0 spiro atoms. The highest BCUT2D eigenvalue weighted by atomic mass is 35.5. The molecule has 0 aliphatic carbocycles. The molecule has 0 aliphatic heterocycles. The van der Waals surface area contributed by atoms with Crippen molar-refractivity contribution in [3.05, 3.63) is 58.6 Å². The number of anilines is 1. The molecule has 0 unspecified atom stereocenters. The van der Waals surface area contributed by atoms with Crippen LogP contribution >= 0.6 is 11.6 Å². The molecule has 1 atom stereocenters. The molecule has 0 heterocycles. The fraction of sp³-hybridized carbons (Fsp3) is 0.391. The summed E-state index contributed by atoms with van der Waals surface area (Å²) in [4.78, 5) is 27.5.